The van der Waals surface area contributed by atoms with Crippen molar-refractivity contribution in [3.8, 4) is 0 Å². The van der Waals surface area contributed by atoms with Crippen molar-refractivity contribution < 1.29 is 24.9 Å². The van der Waals surface area contributed by atoms with E-state index in [9.17, 15) is 20.1 Å². The van der Waals surface area contributed by atoms with Crippen LogP contribution >= 0.6 is 12.1 Å². The smallest absolute Gasteiger partial charge is 0.411 e. The molecule has 0 aromatic heterocycles. The van der Waals surface area contributed by atoms with Crippen molar-refractivity contribution in [1.82, 2.24) is 14.3 Å². The fraction of sp³-hybridized carbons (Fsp3) is 0.909. The number of unbranched alkanes of at least 4 members (excludes halogenated alkanes) is 1. The fourth-order valence-electron chi connectivity index (χ4n) is 2.34. The highest BCUT2D eigenvalue weighted by molar-refractivity contribution is 7.95. The number of nitrogens with one attached hydrogen (secondary N) is 2. The summed E-state index contributed by atoms with van der Waals surface area (Å²) >= 11 is 1.16. The van der Waals surface area contributed by atoms with E-state index in [1.54, 1.807) is 0 Å². The zero-order valence-electron chi connectivity index (χ0n) is 11.2. The van der Waals surface area contributed by atoms with Gasteiger partial charge in [-0.15, -0.1) is 0 Å². The standard InChI is InChI=1S/C11H21N3O5S/c1-2-3-4-12-20-13-10-9(17)8(16)7(15)6-5-19-11(18)14(6)10/h6-10,12-13,15-17H,2-5H2,1H3. The maximum atomic E-state index is 11.7. The maximum absolute atomic E-state index is 11.7. The molecule has 8 nitrogen and oxygen atoms in total. The van der Waals surface area contributed by atoms with E-state index in [0.29, 0.717) is 0 Å². The number of piperidine rings is 1. The Hall–Kier alpha value is -0.580. The molecule has 116 valence electrons. The number of amides is 1. The second kappa shape index (κ2) is 6.92. The first-order valence-electron chi connectivity index (χ1n) is 6.71. The van der Waals surface area contributed by atoms with Gasteiger partial charge < -0.3 is 20.1 Å². The van der Waals surface area contributed by atoms with E-state index >= 15 is 0 Å². The molecule has 5 atom stereocenters. The molecule has 2 rings (SSSR count). The van der Waals surface area contributed by atoms with E-state index in [-0.39, 0.29) is 6.61 Å². The summed E-state index contributed by atoms with van der Waals surface area (Å²) in [7, 11) is 0. The highest BCUT2D eigenvalue weighted by atomic mass is 32.2. The minimum absolute atomic E-state index is 0.00981. The van der Waals surface area contributed by atoms with Gasteiger partial charge in [-0.1, -0.05) is 13.3 Å². The van der Waals surface area contributed by atoms with Crippen molar-refractivity contribution >= 4 is 18.2 Å². The van der Waals surface area contributed by atoms with Crippen LogP contribution in [0.25, 0.3) is 0 Å². The summed E-state index contributed by atoms with van der Waals surface area (Å²) in [5.41, 5.74) is 0. The Bertz CT molecular complexity index is 348. The molecule has 5 unspecified atom stereocenters. The number of rotatable bonds is 6. The number of fused-ring (bicyclic) bond motifs is 1. The molecule has 0 bridgehead atoms. The summed E-state index contributed by atoms with van der Waals surface area (Å²) in [5, 5.41) is 29.7. The number of nitrogens with zero attached hydrogens (tertiary/aromatic N) is 1. The predicted octanol–water partition coefficient (Wildman–Crippen LogP) is -1.23. The van der Waals surface area contributed by atoms with E-state index in [2.05, 4.69) is 16.4 Å². The molecule has 1 amide bonds. The summed E-state index contributed by atoms with van der Waals surface area (Å²) in [4.78, 5) is 12.9. The van der Waals surface area contributed by atoms with Crippen LogP contribution in [0.4, 0.5) is 4.79 Å². The molecule has 0 aliphatic carbocycles. The first kappa shape index (κ1) is 15.8. The summed E-state index contributed by atoms with van der Waals surface area (Å²) in [6.07, 6.45) is -3.17. The van der Waals surface area contributed by atoms with Gasteiger partial charge in [0.05, 0.1) is 6.04 Å². The number of carbonyl (C=O) groups excluding carboxylic acids is 1. The first-order valence-corrected chi connectivity index (χ1v) is 7.53. The average Bonchev–Trinajstić information content (AvgIpc) is 2.81. The number of aliphatic hydroxyl groups is 3. The second-order valence-corrected chi connectivity index (χ2v) is 5.66. The Morgan fingerprint density at radius 1 is 1.35 bits per heavy atom. The van der Waals surface area contributed by atoms with Gasteiger partial charge in [0.25, 0.3) is 0 Å². The van der Waals surface area contributed by atoms with Gasteiger partial charge in [-0.2, -0.15) is 0 Å². The van der Waals surface area contributed by atoms with E-state index in [0.717, 1.165) is 31.5 Å². The normalized spacial score (nSPS) is 36.9. The number of carbonyl (C=O) groups is 1. The van der Waals surface area contributed by atoms with Crippen LogP contribution in [0.2, 0.25) is 0 Å². The molecular weight excluding hydrogens is 286 g/mol. The number of hydrogen-bond donors (Lipinski definition) is 5. The van der Waals surface area contributed by atoms with Crippen molar-refractivity contribution in [2.45, 2.75) is 50.3 Å². The van der Waals surface area contributed by atoms with E-state index in [1.165, 1.54) is 4.90 Å². The maximum Gasteiger partial charge on any atom is 0.411 e. The van der Waals surface area contributed by atoms with Crippen LogP contribution in [-0.4, -0.2) is 70.0 Å². The number of ether oxygens (including phenoxy) is 1. The van der Waals surface area contributed by atoms with Crippen LogP contribution < -0.4 is 9.44 Å². The molecule has 0 saturated carbocycles. The van der Waals surface area contributed by atoms with Crippen LogP contribution in [0, 0.1) is 0 Å². The van der Waals surface area contributed by atoms with Crippen molar-refractivity contribution in [2.75, 3.05) is 13.2 Å². The highest BCUT2D eigenvalue weighted by Gasteiger charge is 2.53. The summed E-state index contributed by atoms with van der Waals surface area (Å²) in [6, 6.07) is -0.644. The molecule has 0 aromatic rings. The van der Waals surface area contributed by atoms with Crippen LogP contribution in [0.15, 0.2) is 0 Å². The van der Waals surface area contributed by atoms with Crippen LogP contribution in [-0.2, 0) is 4.74 Å². The molecule has 20 heavy (non-hydrogen) atoms. The monoisotopic (exact) mass is 307 g/mol. The van der Waals surface area contributed by atoms with Gasteiger partial charge in [0.2, 0.25) is 0 Å². The summed E-state index contributed by atoms with van der Waals surface area (Å²) in [6.45, 7) is 2.87. The minimum atomic E-state index is -1.32. The molecule has 2 heterocycles. The average molecular weight is 307 g/mol. The molecule has 5 N–H and O–H groups in total. The molecule has 9 heteroatoms. The van der Waals surface area contributed by atoms with Crippen molar-refractivity contribution in [1.29, 1.82) is 0 Å². The lowest BCUT2D eigenvalue weighted by Crippen LogP contribution is -2.68. The third kappa shape index (κ3) is 3.02. The largest absolute Gasteiger partial charge is 0.447 e. The van der Waals surface area contributed by atoms with Gasteiger partial charge in [0.1, 0.15) is 31.1 Å². The highest BCUT2D eigenvalue weighted by Crippen LogP contribution is 2.29. The number of hydrogen-bond acceptors (Lipinski definition) is 8. The molecule has 2 fully saturated rings. The molecule has 0 aromatic carbocycles. The van der Waals surface area contributed by atoms with E-state index in [4.69, 9.17) is 4.74 Å². The Balaban J connectivity index is 1.95. The van der Waals surface area contributed by atoms with Gasteiger partial charge in [0, 0.05) is 18.7 Å². The Kier molecular flexibility index (Phi) is 5.47. The molecule has 2 aliphatic heterocycles. The first-order chi connectivity index (χ1) is 9.57. The van der Waals surface area contributed by atoms with E-state index in [1.807, 2.05) is 0 Å². The molecular formula is C11H21N3O5S. The third-order valence-corrected chi connectivity index (χ3v) is 4.25. The van der Waals surface area contributed by atoms with Crippen molar-refractivity contribution in [3.63, 3.8) is 0 Å². The zero-order chi connectivity index (χ0) is 14.7. The summed E-state index contributed by atoms with van der Waals surface area (Å²) in [5.74, 6) is 0. The zero-order valence-corrected chi connectivity index (χ0v) is 12.0. The lowest BCUT2D eigenvalue weighted by Gasteiger charge is -2.43. The predicted molar refractivity (Wildman–Crippen MR) is 72.4 cm³/mol. The SMILES string of the molecule is CCCCNSNC1C(O)C(O)C(O)C2COC(=O)N21. The van der Waals surface area contributed by atoms with Crippen LogP contribution in [0.1, 0.15) is 19.8 Å². The van der Waals surface area contributed by atoms with Crippen LogP contribution in [0.3, 0.4) is 0 Å². The quantitative estimate of drug-likeness (QED) is 0.306. The third-order valence-electron chi connectivity index (χ3n) is 3.55. The van der Waals surface area contributed by atoms with Gasteiger partial charge in [-0.25, -0.2) is 9.52 Å². The summed E-state index contributed by atoms with van der Waals surface area (Å²) < 4.78 is 10.8. The Labute approximate surface area is 121 Å². The van der Waals surface area contributed by atoms with Crippen LogP contribution in [0.5, 0.6) is 0 Å². The second-order valence-electron chi connectivity index (χ2n) is 4.94. The fourth-order valence-corrected chi connectivity index (χ4v) is 3.04. The molecule has 2 aliphatic rings. The van der Waals surface area contributed by atoms with Gasteiger partial charge in [-0.05, 0) is 6.42 Å². The Morgan fingerprint density at radius 3 is 2.80 bits per heavy atom. The number of aliphatic hydroxyl groups excluding tert-OH is 3. The van der Waals surface area contributed by atoms with Gasteiger partial charge in [0.15, 0.2) is 0 Å². The topological polar surface area (TPSA) is 114 Å². The minimum Gasteiger partial charge on any atom is -0.447 e. The number of cyclic esters (lactones) is 1. The van der Waals surface area contributed by atoms with Gasteiger partial charge in [-0.3, -0.25) is 9.62 Å². The lowest BCUT2D eigenvalue weighted by atomic mass is 9.93. The Morgan fingerprint density at radius 2 is 2.10 bits per heavy atom. The lowest BCUT2D eigenvalue weighted by molar-refractivity contribution is -0.143. The van der Waals surface area contributed by atoms with Crippen molar-refractivity contribution in [2.24, 2.45) is 0 Å². The molecule has 0 spiro atoms. The molecule has 0 radical (unpaired) electrons. The van der Waals surface area contributed by atoms with E-state index < -0.39 is 36.6 Å². The van der Waals surface area contributed by atoms with Gasteiger partial charge >= 0.3 is 6.09 Å². The van der Waals surface area contributed by atoms with Crippen molar-refractivity contribution in [3.05, 3.63) is 0 Å². The molecule has 2 saturated heterocycles.